The molecule has 4 heterocycles. The zero-order valence-corrected chi connectivity index (χ0v) is 15.5. The molecule has 0 spiro atoms. The van der Waals surface area contributed by atoms with Crippen molar-refractivity contribution in [2.45, 2.75) is 62.3 Å². The second-order valence-corrected chi connectivity index (χ2v) is 8.92. The maximum atomic E-state index is 14.5. The second-order valence-electron chi connectivity index (χ2n) is 8.92. The van der Waals surface area contributed by atoms with Gasteiger partial charge in [0.15, 0.2) is 0 Å². The first-order valence-electron chi connectivity index (χ1n) is 10.4. The van der Waals surface area contributed by atoms with Gasteiger partial charge in [-0.25, -0.2) is 18.2 Å². The average molecular weight is 389 g/mol. The van der Waals surface area contributed by atoms with Crippen molar-refractivity contribution in [3.63, 3.8) is 0 Å². The number of halogens is 3. The zero-order chi connectivity index (χ0) is 18.6. The van der Waals surface area contributed by atoms with Crippen molar-refractivity contribution < 1.29 is 17.9 Å². The monoisotopic (exact) mass is 389 g/mol. The Balaban J connectivity index is 1.40. The molecule has 0 aromatic rings. The van der Waals surface area contributed by atoms with Crippen molar-refractivity contribution >= 4 is 0 Å². The molecule has 154 valence electrons. The largest absolute Gasteiger partial charge is 0.375 e. The van der Waals surface area contributed by atoms with Gasteiger partial charge in [-0.3, -0.25) is 15.6 Å². The minimum Gasteiger partial charge on any atom is -0.375 e. The van der Waals surface area contributed by atoms with E-state index in [9.17, 15) is 13.2 Å². The van der Waals surface area contributed by atoms with Crippen LogP contribution in [0.2, 0.25) is 0 Å². The molecule has 5 aliphatic rings. The van der Waals surface area contributed by atoms with E-state index in [1.54, 1.807) is 4.90 Å². The maximum absolute atomic E-state index is 14.5. The van der Waals surface area contributed by atoms with Gasteiger partial charge < -0.3 is 10.1 Å². The van der Waals surface area contributed by atoms with Gasteiger partial charge in [0.25, 0.3) is 5.92 Å². The Morgan fingerprint density at radius 1 is 1.11 bits per heavy atom. The van der Waals surface area contributed by atoms with E-state index in [1.807, 2.05) is 0 Å². The quantitative estimate of drug-likeness (QED) is 0.562. The van der Waals surface area contributed by atoms with Gasteiger partial charge in [-0.2, -0.15) is 0 Å². The molecule has 1 aliphatic carbocycles. The predicted molar refractivity (Wildman–Crippen MR) is 93.8 cm³/mol. The third kappa shape index (κ3) is 3.51. The number of ether oxygens (including phenoxy) is 1. The van der Waals surface area contributed by atoms with Gasteiger partial charge in [0.05, 0.1) is 37.6 Å². The van der Waals surface area contributed by atoms with Crippen molar-refractivity contribution in [1.29, 1.82) is 0 Å². The summed E-state index contributed by atoms with van der Waals surface area (Å²) in [4.78, 5) is 1.80. The molecule has 8 atom stereocenters. The molecular formula is C18H30F3N5O. The van der Waals surface area contributed by atoms with Crippen LogP contribution in [0.5, 0.6) is 0 Å². The van der Waals surface area contributed by atoms with Gasteiger partial charge in [-0.05, 0) is 19.3 Å². The summed E-state index contributed by atoms with van der Waals surface area (Å²) in [6.45, 7) is 2.70. The van der Waals surface area contributed by atoms with Crippen LogP contribution in [0.25, 0.3) is 0 Å². The molecule has 5 rings (SSSR count). The standard InChI is InChI=1S/C18H30F3N5O/c19-13-1-2-14-15(6-13)27-4-3-25-9-12(18(20,21)10-25)5-16-22-7-11-8-23-26(14)17(11)24-16/h11-17,22-24H,1-10H2/t11?,12-,13?,14?,15?,16?,17?/m1/s1. The van der Waals surface area contributed by atoms with E-state index in [1.165, 1.54) is 0 Å². The van der Waals surface area contributed by atoms with E-state index in [-0.39, 0.29) is 31.0 Å². The molecule has 0 radical (unpaired) electrons. The van der Waals surface area contributed by atoms with Crippen molar-refractivity contribution in [2.24, 2.45) is 11.8 Å². The Labute approximate surface area is 158 Å². The van der Waals surface area contributed by atoms with Gasteiger partial charge in [-0.1, -0.05) is 0 Å². The van der Waals surface area contributed by atoms with Crippen LogP contribution in [0.15, 0.2) is 0 Å². The summed E-state index contributed by atoms with van der Waals surface area (Å²) in [6, 6.07) is 0.118. The van der Waals surface area contributed by atoms with Crippen molar-refractivity contribution in [2.75, 3.05) is 39.3 Å². The molecule has 5 fully saturated rings. The van der Waals surface area contributed by atoms with Crippen LogP contribution in [0.4, 0.5) is 13.2 Å². The summed E-state index contributed by atoms with van der Waals surface area (Å²) in [5, 5.41) is 9.21. The van der Waals surface area contributed by atoms with Crippen LogP contribution < -0.4 is 16.1 Å². The molecule has 4 aliphatic heterocycles. The smallest absolute Gasteiger partial charge is 0.264 e. The fourth-order valence-corrected chi connectivity index (χ4v) is 5.63. The van der Waals surface area contributed by atoms with E-state index < -0.39 is 18.0 Å². The first kappa shape index (κ1) is 18.6. The van der Waals surface area contributed by atoms with Gasteiger partial charge >= 0.3 is 0 Å². The number of nitrogens with one attached hydrogen (secondary N) is 3. The first-order chi connectivity index (χ1) is 13.0. The fourth-order valence-electron chi connectivity index (χ4n) is 5.63. The molecule has 4 bridgehead atoms. The maximum Gasteiger partial charge on any atom is 0.264 e. The van der Waals surface area contributed by atoms with Crippen LogP contribution in [0.1, 0.15) is 25.7 Å². The highest BCUT2D eigenvalue weighted by Gasteiger charge is 2.51. The molecule has 4 saturated heterocycles. The fraction of sp³-hybridized carbons (Fsp3) is 1.00. The van der Waals surface area contributed by atoms with Crippen molar-refractivity contribution in [3.05, 3.63) is 0 Å². The molecule has 6 nitrogen and oxygen atoms in total. The minimum atomic E-state index is -2.67. The summed E-state index contributed by atoms with van der Waals surface area (Å²) < 4.78 is 49.2. The van der Waals surface area contributed by atoms with Crippen molar-refractivity contribution in [1.82, 2.24) is 26.0 Å². The highest BCUT2D eigenvalue weighted by atomic mass is 19.3. The molecule has 0 aromatic carbocycles. The van der Waals surface area contributed by atoms with Gasteiger partial charge in [0, 0.05) is 44.4 Å². The van der Waals surface area contributed by atoms with Gasteiger partial charge in [0.2, 0.25) is 0 Å². The third-order valence-corrected chi connectivity index (χ3v) is 7.10. The number of hydrogen-bond donors (Lipinski definition) is 3. The van der Waals surface area contributed by atoms with Crippen LogP contribution in [-0.4, -0.2) is 85.8 Å². The topological polar surface area (TPSA) is 51.8 Å². The molecule has 1 saturated carbocycles. The summed E-state index contributed by atoms with van der Waals surface area (Å²) in [5.41, 5.74) is 3.49. The Morgan fingerprint density at radius 3 is 2.89 bits per heavy atom. The normalized spacial score (nSPS) is 50.3. The molecule has 7 unspecified atom stereocenters. The first-order valence-corrected chi connectivity index (χ1v) is 10.4. The Hall–Kier alpha value is -0.450. The Morgan fingerprint density at radius 2 is 2.00 bits per heavy atom. The lowest BCUT2D eigenvalue weighted by Crippen LogP contribution is -2.65. The lowest BCUT2D eigenvalue weighted by molar-refractivity contribution is -0.0866. The minimum absolute atomic E-state index is 0.0791. The SMILES string of the molecule is FC1CCC2C(C1)OCCN1C[C@@H](CC3NCC4CNN2C4N3)C(F)(F)C1. The van der Waals surface area contributed by atoms with E-state index in [4.69, 9.17) is 4.74 Å². The lowest BCUT2D eigenvalue weighted by Gasteiger charge is -2.45. The number of fused-ring (bicyclic) bond motifs is 5. The number of hydrazine groups is 1. The highest BCUT2D eigenvalue weighted by Crippen LogP contribution is 2.37. The van der Waals surface area contributed by atoms with E-state index in [2.05, 4.69) is 21.1 Å². The highest BCUT2D eigenvalue weighted by molar-refractivity contribution is 5.00. The zero-order valence-electron chi connectivity index (χ0n) is 15.5. The third-order valence-electron chi connectivity index (χ3n) is 7.10. The average Bonchev–Trinajstić information content (AvgIpc) is 3.15. The van der Waals surface area contributed by atoms with Gasteiger partial charge in [0.1, 0.15) is 6.17 Å². The number of hydrogen-bond acceptors (Lipinski definition) is 6. The second kappa shape index (κ2) is 7.11. The Bertz CT molecular complexity index is 555. The summed E-state index contributed by atoms with van der Waals surface area (Å²) >= 11 is 0. The summed E-state index contributed by atoms with van der Waals surface area (Å²) in [6.07, 6.45) is 1.04. The van der Waals surface area contributed by atoms with Crippen LogP contribution in [0.3, 0.4) is 0 Å². The molecule has 0 amide bonds. The van der Waals surface area contributed by atoms with Crippen molar-refractivity contribution in [3.8, 4) is 0 Å². The summed E-state index contributed by atoms with van der Waals surface area (Å²) in [5.74, 6) is -2.95. The number of nitrogens with zero attached hydrogens (tertiary/aromatic N) is 2. The number of alkyl halides is 3. The molecule has 9 heteroatoms. The van der Waals surface area contributed by atoms with Gasteiger partial charge in [-0.15, -0.1) is 0 Å². The van der Waals surface area contributed by atoms with Crippen LogP contribution >= 0.6 is 0 Å². The van der Waals surface area contributed by atoms with Crippen LogP contribution in [-0.2, 0) is 4.74 Å². The molecule has 0 aromatic heterocycles. The van der Waals surface area contributed by atoms with E-state index in [0.29, 0.717) is 44.9 Å². The number of rotatable bonds is 0. The van der Waals surface area contributed by atoms with E-state index >= 15 is 0 Å². The Kier molecular flexibility index (Phi) is 4.89. The molecule has 3 N–H and O–H groups in total. The summed E-state index contributed by atoms with van der Waals surface area (Å²) in [7, 11) is 0. The lowest BCUT2D eigenvalue weighted by atomic mass is 9.89. The predicted octanol–water partition coefficient (Wildman–Crippen LogP) is 0.514. The van der Waals surface area contributed by atoms with E-state index in [0.717, 1.165) is 19.5 Å². The van der Waals surface area contributed by atoms with Crippen LogP contribution in [0, 0.1) is 11.8 Å². The molecular weight excluding hydrogens is 359 g/mol. The molecule has 27 heavy (non-hydrogen) atoms.